The summed E-state index contributed by atoms with van der Waals surface area (Å²) in [5, 5.41) is 14.7. The lowest BCUT2D eigenvalue weighted by molar-refractivity contribution is -0.148. The molecule has 0 aromatic heterocycles. The molecule has 0 saturated carbocycles. The Bertz CT molecular complexity index is 1010. The molecule has 8 heteroatoms. The smallest absolute Gasteiger partial charge is 0.407 e. The number of amides is 2. The van der Waals surface area contributed by atoms with E-state index >= 15 is 0 Å². The van der Waals surface area contributed by atoms with Crippen LogP contribution in [0.3, 0.4) is 0 Å². The summed E-state index contributed by atoms with van der Waals surface area (Å²) in [7, 11) is 0. The average Bonchev–Trinajstić information content (AvgIpc) is 3.43. The maximum atomic E-state index is 12.9. The highest BCUT2D eigenvalue weighted by atomic mass is 16.5. The molecule has 3 N–H and O–H groups in total. The first-order valence-corrected chi connectivity index (χ1v) is 11.8. The second-order valence-corrected chi connectivity index (χ2v) is 8.70. The first-order valence-electron chi connectivity index (χ1n) is 11.8. The number of carbonyl (C=O) groups excluding carboxylic acids is 2. The van der Waals surface area contributed by atoms with Gasteiger partial charge in [0.1, 0.15) is 12.6 Å². The van der Waals surface area contributed by atoms with E-state index in [4.69, 9.17) is 9.47 Å². The zero-order valence-corrected chi connectivity index (χ0v) is 19.2. The maximum absolute atomic E-state index is 12.9. The Labute approximate surface area is 198 Å². The molecule has 34 heavy (non-hydrogen) atoms. The predicted molar refractivity (Wildman–Crippen MR) is 125 cm³/mol. The van der Waals surface area contributed by atoms with Crippen LogP contribution in [0.25, 0.3) is 11.1 Å². The molecule has 8 nitrogen and oxygen atoms in total. The zero-order chi connectivity index (χ0) is 24.1. The molecule has 180 valence electrons. The predicted octanol–water partition coefficient (Wildman–Crippen LogP) is 3.44. The number of unbranched alkanes of at least 4 members (excludes halogenated alkanes) is 1. The first kappa shape index (κ1) is 23.8. The van der Waals surface area contributed by atoms with Gasteiger partial charge in [0.05, 0.1) is 6.04 Å². The number of carboxylic acids is 1. The van der Waals surface area contributed by atoms with Crippen LogP contribution in [0.5, 0.6) is 0 Å². The largest absolute Gasteiger partial charge is 0.479 e. The third kappa shape index (κ3) is 5.07. The van der Waals surface area contributed by atoms with Crippen LogP contribution < -0.4 is 10.6 Å². The lowest BCUT2D eigenvalue weighted by Crippen LogP contribution is -2.52. The number of carbonyl (C=O) groups is 3. The number of hydrogen-bond acceptors (Lipinski definition) is 5. The number of carboxylic acid groups (broad SMARTS) is 1. The SMILES string of the molecule is CCCCC(NC(=O)OCC1c2ccccc2-c2ccccc21)C(=O)NC1CCOC1C(=O)O. The van der Waals surface area contributed by atoms with Gasteiger partial charge in [0.15, 0.2) is 6.10 Å². The summed E-state index contributed by atoms with van der Waals surface area (Å²) < 4.78 is 10.8. The molecule has 3 atom stereocenters. The second kappa shape index (κ2) is 10.7. The Hall–Kier alpha value is -3.39. The van der Waals surface area contributed by atoms with Crippen LogP contribution in [0, 0.1) is 0 Å². The molecule has 2 aromatic rings. The van der Waals surface area contributed by atoms with Gasteiger partial charge >= 0.3 is 12.1 Å². The second-order valence-electron chi connectivity index (χ2n) is 8.70. The Kier molecular flexibility index (Phi) is 7.47. The van der Waals surface area contributed by atoms with Crippen LogP contribution in [0.4, 0.5) is 4.79 Å². The molecular formula is C26H30N2O6. The molecule has 0 spiro atoms. The normalized spacial score (nSPS) is 19.7. The molecule has 3 unspecified atom stereocenters. The van der Waals surface area contributed by atoms with Crippen molar-refractivity contribution >= 4 is 18.0 Å². The molecule has 1 fully saturated rings. The van der Waals surface area contributed by atoms with Crippen molar-refractivity contribution < 1.29 is 29.0 Å². The van der Waals surface area contributed by atoms with E-state index in [1.54, 1.807) is 0 Å². The number of rotatable bonds is 9. The van der Waals surface area contributed by atoms with Crippen molar-refractivity contribution in [1.29, 1.82) is 0 Å². The number of nitrogens with one attached hydrogen (secondary N) is 2. The Balaban J connectivity index is 1.39. The standard InChI is InChI=1S/C26H30N2O6/c1-2-3-12-22(24(29)27-21-13-14-33-23(21)25(30)31)28-26(32)34-15-20-18-10-6-4-8-16(18)17-9-5-7-11-19(17)20/h4-11,20-23H,2-3,12-15H2,1H3,(H,27,29)(H,28,32)(H,30,31). The van der Waals surface area contributed by atoms with Crippen LogP contribution in [-0.2, 0) is 19.1 Å². The summed E-state index contributed by atoms with van der Waals surface area (Å²) in [5.74, 6) is -1.62. The van der Waals surface area contributed by atoms with E-state index in [0.29, 0.717) is 12.8 Å². The average molecular weight is 467 g/mol. The van der Waals surface area contributed by atoms with Crippen LogP contribution in [0.15, 0.2) is 48.5 Å². The highest BCUT2D eigenvalue weighted by Gasteiger charge is 2.37. The van der Waals surface area contributed by atoms with Crippen molar-refractivity contribution in [1.82, 2.24) is 10.6 Å². The third-order valence-electron chi connectivity index (χ3n) is 6.46. The lowest BCUT2D eigenvalue weighted by atomic mass is 9.98. The molecular weight excluding hydrogens is 436 g/mol. The minimum atomic E-state index is -1.11. The van der Waals surface area contributed by atoms with Crippen LogP contribution in [0.2, 0.25) is 0 Å². The summed E-state index contributed by atoms with van der Waals surface area (Å²) in [6.45, 7) is 2.41. The number of ether oxygens (including phenoxy) is 2. The fourth-order valence-electron chi connectivity index (χ4n) is 4.72. The highest BCUT2D eigenvalue weighted by molar-refractivity contribution is 5.87. The molecule has 2 amide bonds. The van der Waals surface area contributed by atoms with E-state index in [2.05, 4.69) is 22.8 Å². The van der Waals surface area contributed by atoms with Crippen molar-refractivity contribution in [2.75, 3.05) is 13.2 Å². The van der Waals surface area contributed by atoms with Crippen molar-refractivity contribution in [3.63, 3.8) is 0 Å². The molecule has 1 aliphatic heterocycles. The third-order valence-corrected chi connectivity index (χ3v) is 6.46. The molecule has 1 saturated heterocycles. The van der Waals surface area contributed by atoms with E-state index in [-0.39, 0.29) is 19.1 Å². The molecule has 1 heterocycles. The Morgan fingerprint density at radius 1 is 1.09 bits per heavy atom. The topological polar surface area (TPSA) is 114 Å². The molecule has 2 aromatic carbocycles. The monoisotopic (exact) mass is 466 g/mol. The van der Waals surface area contributed by atoms with Gasteiger partial charge < -0.3 is 25.2 Å². The summed E-state index contributed by atoms with van der Waals surface area (Å²) in [6, 6.07) is 14.7. The number of benzene rings is 2. The van der Waals surface area contributed by atoms with Crippen molar-refractivity contribution in [3.05, 3.63) is 59.7 Å². The van der Waals surface area contributed by atoms with Crippen LogP contribution >= 0.6 is 0 Å². The van der Waals surface area contributed by atoms with E-state index < -0.39 is 36.2 Å². The van der Waals surface area contributed by atoms with Gasteiger partial charge in [-0.2, -0.15) is 0 Å². The molecule has 4 rings (SSSR count). The Morgan fingerprint density at radius 2 is 1.74 bits per heavy atom. The fraction of sp³-hybridized carbons (Fsp3) is 0.423. The van der Waals surface area contributed by atoms with E-state index in [1.807, 2.05) is 43.3 Å². The quantitative estimate of drug-likeness (QED) is 0.522. The number of alkyl carbamates (subject to hydrolysis) is 1. The van der Waals surface area contributed by atoms with Crippen molar-refractivity contribution in [2.24, 2.45) is 0 Å². The van der Waals surface area contributed by atoms with E-state index in [1.165, 1.54) is 0 Å². The summed E-state index contributed by atoms with van der Waals surface area (Å²) in [6.07, 6.45) is 0.665. The van der Waals surface area contributed by atoms with Gasteiger partial charge in [-0.05, 0) is 35.1 Å². The van der Waals surface area contributed by atoms with E-state index in [0.717, 1.165) is 35.1 Å². The molecule has 2 aliphatic rings. The fourth-order valence-corrected chi connectivity index (χ4v) is 4.72. The van der Waals surface area contributed by atoms with Gasteiger partial charge in [-0.25, -0.2) is 9.59 Å². The highest BCUT2D eigenvalue weighted by Crippen LogP contribution is 2.44. The summed E-state index contributed by atoms with van der Waals surface area (Å²) in [5.41, 5.74) is 4.49. The minimum Gasteiger partial charge on any atom is -0.479 e. The van der Waals surface area contributed by atoms with Gasteiger partial charge in [-0.15, -0.1) is 0 Å². The van der Waals surface area contributed by atoms with Gasteiger partial charge in [-0.3, -0.25) is 4.79 Å². The van der Waals surface area contributed by atoms with Crippen LogP contribution in [-0.4, -0.2) is 54.5 Å². The number of fused-ring (bicyclic) bond motifs is 3. The summed E-state index contributed by atoms with van der Waals surface area (Å²) >= 11 is 0. The Morgan fingerprint density at radius 3 is 2.35 bits per heavy atom. The van der Waals surface area contributed by atoms with Gasteiger partial charge in [0.2, 0.25) is 5.91 Å². The molecule has 1 aliphatic carbocycles. The lowest BCUT2D eigenvalue weighted by Gasteiger charge is -2.22. The molecule has 0 radical (unpaired) electrons. The minimum absolute atomic E-state index is 0.0759. The van der Waals surface area contributed by atoms with Crippen molar-refractivity contribution in [3.8, 4) is 11.1 Å². The van der Waals surface area contributed by atoms with Crippen LogP contribution in [0.1, 0.15) is 49.7 Å². The number of hydrogen-bond donors (Lipinski definition) is 3. The van der Waals surface area contributed by atoms with Gasteiger partial charge in [-0.1, -0.05) is 68.3 Å². The van der Waals surface area contributed by atoms with Crippen molar-refractivity contribution in [2.45, 2.75) is 56.7 Å². The van der Waals surface area contributed by atoms with Gasteiger partial charge in [0.25, 0.3) is 0 Å². The van der Waals surface area contributed by atoms with Gasteiger partial charge in [0, 0.05) is 12.5 Å². The number of aliphatic carboxylic acids is 1. The maximum Gasteiger partial charge on any atom is 0.407 e. The molecule has 0 bridgehead atoms. The first-order chi connectivity index (χ1) is 16.5. The van der Waals surface area contributed by atoms with E-state index in [9.17, 15) is 19.5 Å². The zero-order valence-electron chi connectivity index (χ0n) is 19.2. The summed E-state index contributed by atoms with van der Waals surface area (Å²) in [4.78, 5) is 36.9.